The van der Waals surface area contributed by atoms with Crippen LogP contribution in [0.4, 0.5) is 8.78 Å². The Kier molecular flexibility index (Phi) is 3.62. The predicted molar refractivity (Wildman–Crippen MR) is 46.6 cm³/mol. The Balaban J connectivity index is 2.88. The van der Waals surface area contributed by atoms with Crippen LogP contribution in [0.5, 0.6) is 5.75 Å². The van der Waals surface area contributed by atoms with E-state index in [1.807, 2.05) is 0 Å². The molecular weight excluding hydrogens is 246 g/mol. The minimum absolute atomic E-state index is 0.0102. The standard InChI is InChI=1S/C8H7BrF2O2/c1-12-4-13-8-3-7(11)6(10)2-5(8)9/h2-3H,4H2,1H3. The monoisotopic (exact) mass is 252 g/mol. The zero-order valence-electron chi connectivity index (χ0n) is 6.81. The second-order valence-electron chi connectivity index (χ2n) is 2.25. The van der Waals surface area contributed by atoms with Crippen LogP contribution >= 0.6 is 15.9 Å². The summed E-state index contributed by atoms with van der Waals surface area (Å²) in [5.74, 6) is -1.66. The van der Waals surface area contributed by atoms with Gasteiger partial charge in [0, 0.05) is 13.2 Å². The van der Waals surface area contributed by atoms with Crippen molar-refractivity contribution in [2.45, 2.75) is 0 Å². The fraction of sp³-hybridized carbons (Fsp3) is 0.250. The van der Waals surface area contributed by atoms with Crippen LogP contribution in [0, 0.1) is 11.6 Å². The topological polar surface area (TPSA) is 18.5 Å². The molecule has 0 aliphatic heterocycles. The Bertz CT molecular complexity index is 304. The van der Waals surface area contributed by atoms with Crippen molar-refractivity contribution in [2.75, 3.05) is 13.9 Å². The summed E-state index contributed by atoms with van der Waals surface area (Å²) in [7, 11) is 1.44. The molecule has 0 amide bonds. The minimum atomic E-state index is -0.950. The molecule has 1 rings (SSSR count). The summed E-state index contributed by atoms with van der Waals surface area (Å²) in [5, 5.41) is 0. The van der Waals surface area contributed by atoms with E-state index in [0.29, 0.717) is 4.47 Å². The van der Waals surface area contributed by atoms with E-state index in [9.17, 15) is 8.78 Å². The van der Waals surface area contributed by atoms with Crippen LogP contribution in [0.3, 0.4) is 0 Å². The Morgan fingerprint density at radius 1 is 1.31 bits per heavy atom. The maximum Gasteiger partial charge on any atom is 0.188 e. The van der Waals surface area contributed by atoms with Gasteiger partial charge >= 0.3 is 0 Å². The maximum absolute atomic E-state index is 12.7. The van der Waals surface area contributed by atoms with Crippen LogP contribution in [0.15, 0.2) is 16.6 Å². The summed E-state index contributed by atoms with van der Waals surface area (Å²) in [6.07, 6.45) is 0. The lowest BCUT2D eigenvalue weighted by Gasteiger charge is -2.06. The highest BCUT2D eigenvalue weighted by molar-refractivity contribution is 9.10. The number of rotatable bonds is 3. The molecule has 72 valence electrons. The molecule has 5 heteroatoms. The van der Waals surface area contributed by atoms with Gasteiger partial charge in [-0.05, 0) is 22.0 Å². The van der Waals surface area contributed by atoms with Crippen molar-refractivity contribution in [2.24, 2.45) is 0 Å². The Morgan fingerprint density at radius 2 is 1.92 bits per heavy atom. The first-order valence-electron chi connectivity index (χ1n) is 3.41. The van der Waals surface area contributed by atoms with Gasteiger partial charge < -0.3 is 9.47 Å². The lowest BCUT2D eigenvalue weighted by Crippen LogP contribution is -2.00. The van der Waals surface area contributed by atoms with Gasteiger partial charge in [-0.1, -0.05) is 0 Å². The summed E-state index contributed by atoms with van der Waals surface area (Å²) in [5.41, 5.74) is 0. The number of methoxy groups -OCH3 is 1. The molecule has 0 N–H and O–H groups in total. The van der Waals surface area contributed by atoms with E-state index in [0.717, 1.165) is 12.1 Å². The molecule has 0 aliphatic rings. The van der Waals surface area contributed by atoms with Crippen LogP contribution < -0.4 is 4.74 Å². The summed E-state index contributed by atoms with van der Waals surface area (Å²) in [6.45, 7) is -0.0102. The number of halogens is 3. The molecular formula is C8H7BrF2O2. The quantitative estimate of drug-likeness (QED) is 0.609. The van der Waals surface area contributed by atoms with Gasteiger partial charge in [0.2, 0.25) is 0 Å². The fourth-order valence-electron chi connectivity index (χ4n) is 0.737. The zero-order valence-corrected chi connectivity index (χ0v) is 8.40. The molecule has 0 atom stereocenters. The number of ether oxygens (including phenoxy) is 2. The minimum Gasteiger partial charge on any atom is -0.466 e. The van der Waals surface area contributed by atoms with Gasteiger partial charge in [0.25, 0.3) is 0 Å². The molecule has 0 aliphatic carbocycles. The van der Waals surface area contributed by atoms with Gasteiger partial charge in [0.1, 0.15) is 5.75 Å². The van der Waals surface area contributed by atoms with Gasteiger partial charge in [0.15, 0.2) is 18.4 Å². The Hall–Kier alpha value is -0.680. The molecule has 13 heavy (non-hydrogen) atoms. The first kappa shape index (κ1) is 10.4. The van der Waals surface area contributed by atoms with Crippen LogP contribution in [0.25, 0.3) is 0 Å². The second-order valence-corrected chi connectivity index (χ2v) is 3.10. The zero-order chi connectivity index (χ0) is 9.84. The highest BCUT2D eigenvalue weighted by atomic mass is 79.9. The molecule has 0 spiro atoms. The van der Waals surface area contributed by atoms with E-state index in [1.54, 1.807) is 0 Å². The smallest absolute Gasteiger partial charge is 0.188 e. The maximum atomic E-state index is 12.7. The van der Waals surface area contributed by atoms with E-state index in [2.05, 4.69) is 20.7 Å². The number of benzene rings is 1. The van der Waals surface area contributed by atoms with Crippen molar-refractivity contribution in [3.05, 3.63) is 28.2 Å². The third kappa shape index (κ3) is 2.63. The molecule has 1 aromatic rings. The molecule has 0 radical (unpaired) electrons. The molecule has 0 heterocycles. The third-order valence-electron chi connectivity index (χ3n) is 1.31. The third-order valence-corrected chi connectivity index (χ3v) is 1.93. The highest BCUT2D eigenvalue weighted by Gasteiger charge is 2.08. The molecule has 0 aromatic heterocycles. The predicted octanol–water partition coefficient (Wildman–Crippen LogP) is 2.71. The van der Waals surface area contributed by atoms with Crippen LogP contribution in [-0.2, 0) is 4.74 Å². The fourth-order valence-corrected chi connectivity index (χ4v) is 1.17. The Labute approximate surface area is 82.6 Å². The van der Waals surface area contributed by atoms with Crippen molar-refractivity contribution >= 4 is 15.9 Å². The van der Waals surface area contributed by atoms with E-state index < -0.39 is 11.6 Å². The van der Waals surface area contributed by atoms with Crippen molar-refractivity contribution in [3.63, 3.8) is 0 Å². The van der Waals surface area contributed by atoms with Gasteiger partial charge in [-0.3, -0.25) is 0 Å². The van der Waals surface area contributed by atoms with E-state index in [1.165, 1.54) is 7.11 Å². The van der Waals surface area contributed by atoms with Crippen molar-refractivity contribution < 1.29 is 18.3 Å². The molecule has 0 saturated carbocycles. The van der Waals surface area contributed by atoms with E-state index in [-0.39, 0.29) is 12.5 Å². The average molecular weight is 253 g/mol. The Morgan fingerprint density at radius 3 is 2.54 bits per heavy atom. The molecule has 0 fully saturated rings. The SMILES string of the molecule is COCOc1cc(F)c(F)cc1Br. The summed E-state index contributed by atoms with van der Waals surface area (Å²) in [6, 6.07) is 1.96. The van der Waals surface area contributed by atoms with Crippen molar-refractivity contribution in [1.82, 2.24) is 0 Å². The van der Waals surface area contributed by atoms with Crippen molar-refractivity contribution in [1.29, 1.82) is 0 Å². The van der Waals surface area contributed by atoms with Crippen molar-refractivity contribution in [3.8, 4) is 5.75 Å². The van der Waals surface area contributed by atoms with Gasteiger partial charge in [-0.15, -0.1) is 0 Å². The number of hydrogen-bond acceptors (Lipinski definition) is 2. The first-order valence-corrected chi connectivity index (χ1v) is 4.20. The molecule has 0 saturated heterocycles. The lowest BCUT2D eigenvalue weighted by atomic mass is 10.3. The molecule has 2 nitrogen and oxygen atoms in total. The second kappa shape index (κ2) is 4.53. The van der Waals surface area contributed by atoms with Crippen LogP contribution in [-0.4, -0.2) is 13.9 Å². The first-order chi connectivity index (χ1) is 6.15. The van der Waals surface area contributed by atoms with Gasteiger partial charge in [0.05, 0.1) is 4.47 Å². The average Bonchev–Trinajstić information content (AvgIpc) is 2.09. The van der Waals surface area contributed by atoms with E-state index in [4.69, 9.17) is 4.74 Å². The summed E-state index contributed by atoms with van der Waals surface area (Å²) in [4.78, 5) is 0. The molecule has 0 bridgehead atoms. The van der Waals surface area contributed by atoms with E-state index >= 15 is 0 Å². The summed E-state index contributed by atoms with van der Waals surface area (Å²) < 4.78 is 35.2. The highest BCUT2D eigenvalue weighted by Crippen LogP contribution is 2.27. The normalized spacial score (nSPS) is 10.2. The molecule has 1 aromatic carbocycles. The number of hydrogen-bond donors (Lipinski definition) is 0. The van der Waals surface area contributed by atoms with Crippen LogP contribution in [0.2, 0.25) is 0 Å². The summed E-state index contributed by atoms with van der Waals surface area (Å²) >= 11 is 3.02. The lowest BCUT2D eigenvalue weighted by molar-refractivity contribution is 0.0502. The van der Waals surface area contributed by atoms with Crippen LogP contribution in [0.1, 0.15) is 0 Å². The van der Waals surface area contributed by atoms with Gasteiger partial charge in [-0.2, -0.15) is 0 Å². The van der Waals surface area contributed by atoms with Gasteiger partial charge in [-0.25, -0.2) is 8.78 Å². The molecule has 0 unspecified atom stereocenters. The largest absolute Gasteiger partial charge is 0.466 e.